The van der Waals surface area contributed by atoms with Gasteiger partial charge in [0, 0.05) is 0 Å². The maximum Gasteiger partial charge on any atom is 0.230 e. The monoisotopic (exact) mass is 275 g/mol. The van der Waals surface area contributed by atoms with Gasteiger partial charge in [0.15, 0.2) is 0 Å². The van der Waals surface area contributed by atoms with E-state index < -0.39 is 0 Å². The molecular formula is C10H11BrFNO2. The Morgan fingerprint density at radius 2 is 2.07 bits per heavy atom. The van der Waals surface area contributed by atoms with E-state index in [9.17, 15) is 9.18 Å². The number of hydrogen-bond donors (Lipinski definition) is 1. The standard InChI is InChI=1S/C10H11BrFNO2/c11-7-10(14)13-5-6-15-9-3-1-8(12)2-4-9/h1-4H,5-7H2,(H,13,14). The molecule has 82 valence electrons. The lowest BCUT2D eigenvalue weighted by atomic mass is 10.3. The second-order valence-corrected chi connectivity index (χ2v) is 3.35. The minimum absolute atomic E-state index is 0.0855. The van der Waals surface area contributed by atoms with Gasteiger partial charge < -0.3 is 10.1 Å². The summed E-state index contributed by atoms with van der Waals surface area (Å²) in [4.78, 5) is 10.8. The Labute approximate surface area is 95.7 Å². The summed E-state index contributed by atoms with van der Waals surface area (Å²) in [6, 6.07) is 5.74. The van der Waals surface area contributed by atoms with Crippen molar-refractivity contribution < 1.29 is 13.9 Å². The van der Waals surface area contributed by atoms with Crippen LogP contribution in [0.15, 0.2) is 24.3 Å². The molecule has 1 rings (SSSR count). The molecule has 0 saturated heterocycles. The van der Waals surface area contributed by atoms with Crippen LogP contribution in [-0.4, -0.2) is 24.4 Å². The van der Waals surface area contributed by atoms with E-state index in [2.05, 4.69) is 21.2 Å². The average Bonchev–Trinajstić information content (AvgIpc) is 2.26. The van der Waals surface area contributed by atoms with Crippen LogP contribution < -0.4 is 10.1 Å². The quantitative estimate of drug-likeness (QED) is 0.657. The molecule has 1 N–H and O–H groups in total. The van der Waals surface area contributed by atoms with Crippen molar-refractivity contribution in [1.82, 2.24) is 5.32 Å². The smallest absolute Gasteiger partial charge is 0.230 e. The van der Waals surface area contributed by atoms with Crippen LogP contribution in [0.3, 0.4) is 0 Å². The van der Waals surface area contributed by atoms with E-state index in [0.29, 0.717) is 18.9 Å². The molecule has 0 saturated carbocycles. The van der Waals surface area contributed by atoms with Crippen LogP contribution >= 0.6 is 15.9 Å². The molecule has 0 heterocycles. The Morgan fingerprint density at radius 1 is 1.40 bits per heavy atom. The van der Waals surface area contributed by atoms with E-state index in [1.165, 1.54) is 12.1 Å². The largest absolute Gasteiger partial charge is 0.492 e. The number of rotatable bonds is 5. The predicted octanol–water partition coefficient (Wildman–Crippen LogP) is 1.72. The molecule has 3 nitrogen and oxygen atoms in total. The number of benzene rings is 1. The Bertz CT molecular complexity index is 316. The first-order chi connectivity index (χ1) is 7.22. The number of carbonyl (C=O) groups is 1. The molecule has 0 aromatic heterocycles. The molecule has 0 radical (unpaired) electrons. The van der Waals surface area contributed by atoms with Crippen LogP contribution in [0.2, 0.25) is 0 Å². The SMILES string of the molecule is O=C(CBr)NCCOc1ccc(F)cc1. The van der Waals surface area contributed by atoms with Crippen molar-refractivity contribution in [3.05, 3.63) is 30.1 Å². The highest BCUT2D eigenvalue weighted by Crippen LogP contribution is 2.10. The zero-order valence-electron chi connectivity index (χ0n) is 8.00. The van der Waals surface area contributed by atoms with Gasteiger partial charge in [0.05, 0.1) is 11.9 Å². The van der Waals surface area contributed by atoms with Crippen molar-refractivity contribution in [2.45, 2.75) is 0 Å². The van der Waals surface area contributed by atoms with Crippen molar-refractivity contribution >= 4 is 21.8 Å². The average molecular weight is 276 g/mol. The molecule has 0 aliphatic heterocycles. The van der Waals surface area contributed by atoms with Crippen molar-refractivity contribution in [2.75, 3.05) is 18.5 Å². The first kappa shape index (κ1) is 12.0. The van der Waals surface area contributed by atoms with Crippen molar-refractivity contribution in [2.24, 2.45) is 0 Å². The van der Waals surface area contributed by atoms with Crippen molar-refractivity contribution in [1.29, 1.82) is 0 Å². The summed E-state index contributed by atoms with van der Waals surface area (Å²) in [6.07, 6.45) is 0. The van der Waals surface area contributed by atoms with Crippen LogP contribution in [0.25, 0.3) is 0 Å². The topological polar surface area (TPSA) is 38.3 Å². The highest BCUT2D eigenvalue weighted by molar-refractivity contribution is 9.09. The summed E-state index contributed by atoms with van der Waals surface area (Å²) in [5.74, 6) is 0.206. The lowest BCUT2D eigenvalue weighted by molar-refractivity contribution is -0.118. The predicted molar refractivity (Wildman–Crippen MR) is 58.7 cm³/mol. The van der Waals surface area contributed by atoms with E-state index in [1.54, 1.807) is 12.1 Å². The van der Waals surface area contributed by atoms with Gasteiger partial charge in [-0.25, -0.2) is 4.39 Å². The van der Waals surface area contributed by atoms with Gasteiger partial charge >= 0.3 is 0 Å². The summed E-state index contributed by atoms with van der Waals surface area (Å²) in [5.41, 5.74) is 0. The Kier molecular flexibility index (Phi) is 5.10. The molecule has 0 fully saturated rings. The zero-order valence-corrected chi connectivity index (χ0v) is 9.59. The number of hydrogen-bond acceptors (Lipinski definition) is 2. The Morgan fingerprint density at radius 3 is 2.67 bits per heavy atom. The fraction of sp³-hybridized carbons (Fsp3) is 0.300. The highest BCUT2D eigenvalue weighted by atomic mass is 79.9. The third-order valence-corrected chi connectivity index (χ3v) is 2.14. The fourth-order valence-electron chi connectivity index (χ4n) is 0.937. The molecule has 0 aliphatic carbocycles. The minimum atomic E-state index is -0.296. The highest BCUT2D eigenvalue weighted by Gasteiger charge is 1.97. The Balaban J connectivity index is 2.20. The van der Waals surface area contributed by atoms with Crippen molar-refractivity contribution in [3.63, 3.8) is 0 Å². The lowest BCUT2D eigenvalue weighted by Crippen LogP contribution is -2.28. The number of halogens is 2. The van der Waals surface area contributed by atoms with E-state index in [-0.39, 0.29) is 17.1 Å². The van der Waals surface area contributed by atoms with E-state index in [0.717, 1.165) is 0 Å². The van der Waals surface area contributed by atoms with Crippen LogP contribution in [0.4, 0.5) is 4.39 Å². The normalized spacial score (nSPS) is 9.73. The van der Waals surface area contributed by atoms with E-state index >= 15 is 0 Å². The molecule has 0 aliphatic rings. The molecule has 5 heteroatoms. The van der Waals surface area contributed by atoms with Gasteiger partial charge in [0.1, 0.15) is 18.2 Å². The van der Waals surface area contributed by atoms with Crippen LogP contribution in [-0.2, 0) is 4.79 Å². The molecule has 1 aromatic carbocycles. The fourth-order valence-corrected chi connectivity index (χ4v) is 1.14. The van der Waals surface area contributed by atoms with Gasteiger partial charge in [-0.3, -0.25) is 4.79 Å². The molecule has 0 atom stereocenters. The van der Waals surface area contributed by atoms with Crippen molar-refractivity contribution in [3.8, 4) is 5.75 Å². The van der Waals surface area contributed by atoms with E-state index in [1.807, 2.05) is 0 Å². The summed E-state index contributed by atoms with van der Waals surface area (Å²) in [6.45, 7) is 0.798. The summed E-state index contributed by atoms with van der Waals surface area (Å²) in [5, 5.41) is 2.91. The summed E-state index contributed by atoms with van der Waals surface area (Å²) >= 11 is 3.03. The molecule has 15 heavy (non-hydrogen) atoms. The number of amides is 1. The van der Waals surface area contributed by atoms with Gasteiger partial charge in [-0.15, -0.1) is 0 Å². The first-order valence-corrected chi connectivity index (χ1v) is 5.55. The molecule has 0 spiro atoms. The maximum absolute atomic E-state index is 12.5. The third kappa shape index (κ3) is 4.78. The van der Waals surface area contributed by atoms with Gasteiger partial charge in [-0.1, -0.05) is 15.9 Å². The maximum atomic E-state index is 12.5. The lowest BCUT2D eigenvalue weighted by Gasteiger charge is -2.06. The number of carbonyl (C=O) groups excluding carboxylic acids is 1. The second kappa shape index (κ2) is 6.40. The van der Waals surface area contributed by atoms with Gasteiger partial charge in [0.2, 0.25) is 5.91 Å². The molecular weight excluding hydrogens is 265 g/mol. The second-order valence-electron chi connectivity index (χ2n) is 2.79. The van der Waals surface area contributed by atoms with E-state index in [4.69, 9.17) is 4.74 Å². The van der Waals surface area contributed by atoms with Gasteiger partial charge in [-0.05, 0) is 24.3 Å². The zero-order chi connectivity index (χ0) is 11.1. The molecule has 0 unspecified atom stereocenters. The molecule has 1 aromatic rings. The molecule has 1 amide bonds. The van der Waals surface area contributed by atoms with Crippen LogP contribution in [0.1, 0.15) is 0 Å². The summed E-state index contributed by atoms with van der Waals surface area (Å²) < 4.78 is 17.8. The minimum Gasteiger partial charge on any atom is -0.492 e. The Hall–Kier alpha value is -1.10. The molecule has 0 bridgehead atoms. The van der Waals surface area contributed by atoms with Crippen LogP contribution in [0.5, 0.6) is 5.75 Å². The number of alkyl halides is 1. The number of ether oxygens (including phenoxy) is 1. The van der Waals surface area contributed by atoms with Gasteiger partial charge in [0.25, 0.3) is 0 Å². The number of nitrogens with one attached hydrogen (secondary N) is 1. The first-order valence-electron chi connectivity index (χ1n) is 4.43. The van der Waals surface area contributed by atoms with Crippen LogP contribution in [0, 0.1) is 5.82 Å². The van der Waals surface area contributed by atoms with Gasteiger partial charge in [-0.2, -0.15) is 0 Å². The third-order valence-electron chi connectivity index (χ3n) is 1.63. The summed E-state index contributed by atoms with van der Waals surface area (Å²) in [7, 11) is 0.